The molecule has 1 rings (SSSR count). The predicted octanol–water partition coefficient (Wildman–Crippen LogP) is 3.23. The molecule has 1 heterocycles. The van der Waals surface area contributed by atoms with Gasteiger partial charge in [-0.05, 0) is 27.8 Å². The molecular formula is C13H22BrN3. The summed E-state index contributed by atoms with van der Waals surface area (Å²) in [6.07, 6.45) is 1.78. The van der Waals surface area contributed by atoms with Gasteiger partial charge in [-0.15, -0.1) is 0 Å². The van der Waals surface area contributed by atoms with Gasteiger partial charge in [-0.25, -0.2) is 0 Å². The zero-order valence-electron chi connectivity index (χ0n) is 10.9. The van der Waals surface area contributed by atoms with Gasteiger partial charge in [0.05, 0.1) is 0 Å². The van der Waals surface area contributed by atoms with E-state index in [1.807, 2.05) is 0 Å². The van der Waals surface area contributed by atoms with Crippen molar-refractivity contribution in [2.45, 2.75) is 33.6 Å². The van der Waals surface area contributed by atoms with Crippen LogP contribution >= 0.6 is 15.9 Å². The van der Waals surface area contributed by atoms with Crippen molar-refractivity contribution in [1.29, 1.82) is 5.41 Å². The molecule has 96 valence electrons. The van der Waals surface area contributed by atoms with Crippen LogP contribution in [0.25, 0.3) is 0 Å². The Hall–Kier alpha value is -0.770. The van der Waals surface area contributed by atoms with Gasteiger partial charge >= 0.3 is 0 Å². The quantitative estimate of drug-likeness (QED) is 0.786. The van der Waals surface area contributed by atoms with Crippen LogP contribution in [0.15, 0.2) is 23.5 Å². The molecule has 17 heavy (non-hydrogen) atoms. The molecule has 0 spiro atoms. The third-order valence-corrected chi connectivity index (χ3v) is 3.31. The van der Waals surface area contributed by atoms with Crippen LogP contribution in [0.2, 0.25) is 0 Å². The van der Waals surface area contributed by atoms with Crippen molar-refractivity contribution in [3.8, 4) is 0 Å². The van der Waals surface area contributed by atoms with Gasteiger partial charge in [-0.3, -0.25) is 5.41 Å². The summed E-state index contributed by atoms with van der Waals surface area (Å²) in [5, 5.41) is 7.65. The number of nitrogens with one attached hydrogen (secondary N) is 1. The summed E-state index contributed by atoms with van der Waals surface area (Å²) in [4.78, 5) is 2.23. The Kier molecular flexibility index (Phi) is 4.42. The largest absolute Gasteiger partial charge is 0.402 e. The smallest absolute Gasteiger partial charge is 0.103 e. The molecule has 0 unspecified atom stereocenters. The van der Waals surface area contributed by atoms with Gasteiger partial charge in [-0.2, -0.15) is 0 Å². The Morgan fingerprint density at radius 2 is 2.12 bits per heavy atom. The van der Waals surface area contributed by atoms with E-state index in [0.29, 0.717) is 11.2 Å². The number of allylic oxidation sites excluding steroid dienone is 1. The summed E-state index contributed by atoms with van der Waals surface area (Å²) in [5.41, 5.74) is 9.02. The maximum atomic E-state index is 7.65. The summed E-state index contributed by atoms with van der Waals surface area (Å²) in [7, 11) is 0. The van der Waals surface area contributed by atoms with Crippen LogP contribution in [0, 0.1) is 10.8 Å². The van der Waals surface area contributed by atoms with Gasteiger partial charge in [0, 0.05) is 36.5 Å². The molecule has 0 atom stereocenters. The topological polar surface area (TPSA) is 53.1 Å². The summed E-state index contributed by atoms with van der Waals surface area (Å²) in [5.74, 6) is 0. The maximum absolute atomic E-state index is 7.65. The van der Waals surface area contributed by atoms with E-state index in [-0.39, 0.29) is 5.41 Å². The Balaban J connectivity index is 2.72. The SMILES string of the molecule is C=C(CC(C)(C)C)N1CCC(N)=C(C(=N)Br)C1. The highest BCUT2D eigenvalue weighted by atomic mass is 79.9. The van der Waals surface area contributed by atoms with Gasteiger partial charge in [0.2, 0.25) is 0 Å². The first-order valence-electron chi connectivity index (χ1n) is 5.85. The fraction of sp³-hybridized carbons (Fsp3) is 0.615. The van der Waals surface area contributed by atoms with Crippen molar-refractivity contribution in [1.82, 2.24) is 4.90 Å². The van der Waals surface area contributed by atoms with Gasteiger partial charge in [-0.1, -0.05) is 27.4 Å². The molecule has 4 heteroatoms. The number of halogens is 1. The zero-order valence-corrected chi connectivity index (χ0v) is 12.5. The fourth-order valence-corrected chi connectivity index (χ4v) is 2.36. The van der Waals surface area contributed by atoms with Crippen molar-refractivity contribution >= 4 is 20.6 Å². The normalized spacial score (nSPS) is 17.3. The van der Waals surface area contributed by atoms with Crippen molar-refractivity contribution < 1.29 is 0 Å². The van der Waals surface area contributed by atoms with Crippen LogP contribution < -0.4 is 5.73 Å². The molecule has 0 bridgehead atoms. The number of hydrogen-bond donors (Lipinski definition) is 2. The molecule has 1 aliphatic heterocycles. The molecule has 0 aliphatic carbocycles. The van der Waals surface area contributed by atoms with Crippen molar-refractivity contribution in [3.63, 3.8) is 0 Å². The molecule has 0 radical (unpaired) electrons. The average Bonchev–Trinajstić information content (AvgIpc) is 2.14. The van der Waals surface area contributed by atoms with E-state index in [9.17, 15) is 0 Å². The Bertz CT molecular complexity index is 363. The van der Waals surface area contributed by atoms with Crippen LogP contribution in [0.1, 0.15) is 33.6 Å². The fourth-order valence-electron chi connectivity index (χ4n) is 1.98. The molecule has 0 saturated carbocycles. The molecule has 0 aromatic carbocycles. The number of nitrogens with two attached hydrogens (primary N) is 1. The predicted molar refractivity (Wildman–Crippen MR) is 77.3 cm³/mol. The van der Waals surface area contributed by atoms with Crippen LogP contribution in [0.4, 0.5) is 0 Å². The molecule has 0 fully saturated rings. The molecular weight excluding hydrogens is 278 g/mol. The summed E-state index contributed by atoms with van der Waals surface area (Å²) in [6.45, 7) is 12.4. The van der Waals surface area contributed by atoms with Crippen molar-refractivity contribution in [2.24, 2.45) is 11.1 Å². The minimum Gasteiger partial charge on any atom is -0.402 e. The highest BCUT2D eigenvalue weighted by Gasteiger charge is 2.22. The lowest BCUT2D eigenvalue weighted by atomic mass is 9.90. The lowest BCUT2D eigenvalue weighted by Gasteiger charge is -2.34. The van der Waals surface area contributed by atoms with Crippen molar-refractivity contribution in [2.75, 3.05) is 13.1 Å². The lowest BCUT2D eigenvalue weighted by molar-refractivity contribution is 0.300. The molecule has 0 saturated heterocycles. The van der Waals surface area contributed by atoms with Crippen LogP contribution in [-0.2, 0) is 0 Å². The van der Waals surface area contributed by atoms with E-state index in [1.165, 1.54) is 0 Å². The maximum Gasteiger partial charge on any atom is 0.103 e. The van der Waals surface area contributed by atoms with Gasteiger partial charge in [0.25, 0.3) is 0 Å². The number of nitrogens with zero attached hydrogens (tertiary/aromatic N) is 1. The third-order valence-electron chi connectivity index (χ3n) is 2.83. The summed E-state index contributed by atoms with van der Waals surface area (Å²) >= 11 is 3.20. The second-order valence-corrected chi connectivity index (χ2v) is 6.59. The zero-order chi connectivity index (χ0) is 13.2. The first-order valence-corrected chi connectivity index (χ1v) is 6.64. The van der Waals surface area contributed by atoms with E-state index in [2.05, 4.69) is 48.2 Å². The monoisotopic (exact) mass is 299 g/mol. The van der Waals surface area contributed by atoms with Crippen LogP contribution in [0.3, 0.4) is 0 Å². The highest BCUT2D eigenvalue weighted by Crippen LogP contribution is 2.28. The Morgan fingerprint density at radius 1 is 1.53 bits per heavy atom. The summed E-state index contributed by atoms with van der Waals surface area (Å²) < 4.78 is 0.392. The lowest BCUT2D eigenvalue weighted by Crippen LogP contribution is -2.35. The first kappa shape index (κ1) is 14.3. The van der Waals surface area contributed by atoms with E-state index >= 15 is 0 Å². The Morgan fingerprint density at radius 3 is 2.59 bits per heavy atom. The van der Waals surface area contributed by atoms with E-state index in [0.717, 1.165) is 36.4 Å². The Labute approximate surface area is 112 Å². The molecule has 3 N–H and O–H groups in total. The molecule has 0 aromatic heterocycles. The van der Waals surface area contributed by atoms with Crippen LogP contribution in [-0.4, -0.2) is 22.6 Å². The average molecular weight is 300 g/mol. The van der Waals surface area contributed by atoms with E-state index in [4.69, 9.17) is 11.1 Å². The minimum absolute atomic E-state index is 0.242. The second kappa shape index (κ2) is 5.25. The minimum atomic E-state index is 0.242. The van der Waals surface area contributed by atoms with Gasteiger partial charge in [0.15, 0.2) is 0 Å². The van der Waals surface area contributed by atoms with Crippen molar-refractivity contribution in [3.05, 3.63) is 23.5 Å². The highest BCUT2D eigenvalue weighted by molar-refractivity contribution is 9.18. The number of hydrogen-bond acceptors (Lipinski definition) is 3. The molecule has 0 amide bonds. The van der Waals surface area contributed by atoms with Gasteiger partial charge in [0.1, 0.15) is 4.62 Å². The van der Waals surface area contributed by atoms with E-state index in [1.54, 1.807) is 0 Å². The standard InChI is InChI=1S/C13H22BrN3/c1-9(7-13(2,3)4)17-6-5-11(15)10(8-17)12(14)16/h16H,1,5-8,15H2,2-4H3. The molecule has 1 aliphatic rings. The van der Waals surface area contributed by atoms with E-state index < -0.39 is 0 Å². The first-order chi connectivity index (χ1) is 7.70. The number of rotatable bonds is 3. The second-order valence-electron chi connectivity index (χ2n) is 5.79. The molecule has 3 nitrogen and oxygen atoms in total. The molecule has 0 aromatic rings. The summed E-state index contributed by atoms with van der Waals surface area (Å²) in [6, 6.07) is 0. The van der Waals surface area contributed by atoms with Gasteiger partial charge < -0.3 is 10.6 Å². The van der Waals surface area contributed by atoms with Crippen LogP contribution in [0.5, 0.6) is 0 Å². The third kappa shape index (κ3) is 4.19.